The van der Waals surface area contributed by atoms with E-state index in [2.05, 4.69) is 36.1 Å². The zero-order valence-electron chi connectivity index (χ0n) is 15.8. The van der Waals surface area contributed by atoms with E-state index in [1.807, 2.05) is 19.1 Å². The van der Waals surface area contributed by atoms with Crippen LogP contribution in [0.25, 0.3) is 0 Å². The summed E-state index contributed by atoms with van der Waals surface area (Å²) in [5.74, 6) is 1.96. The maximum atomic E-state index is 9.55. The Balaban J connectivity index is 0.00000243. The molecule has 0 spiro atoms. The highest BCUT2D eigenvalue weighted by Crippen LogP contribution is 2.23. The van der Waals surface area contributed by atoms with Crippen LogP contribution >= 0.6 is 12.4 Å². The molecule has 0 amide bonds. The molecule has 26 heavy (non-hydrogen) atoms. The molecule has 1 aliphatic rings. The van der Waals surface area contributed by atoms with Crippen LogP contribution in [0.3, 0.4) is 0 Å². The average Bonchev–Trinajstić information content (AvgIpc) is 2.61. The summed E-state index contributed by atoms with van der Waals surface area (Å²) in [5, 5.41) is 9.55. The molecule has 0 saturated carbocycles. The lowest BCUT2D eigenvalue weighted by Gasteiger charge is -2.32. The fraction of sp³-hybridized carbons (Fsp3) is 0.455. The van der Waals surface area contributed by atoms with Crippen molar-refractivity contribution in [3.63, 3.8) is 0 Å². The molecule has 0 aliphatic carbocycles. The van der Waals surface area contributed by atoms with E-state index in [0.717, 1.165) is 36.9 Å². The van der Waals surface area contributed by atoms with Gasteiger partial charge >= 0.3 is 0 Å². The first-order valence-electron chi connectivity index (χ1n) is 9.30. The number of halogens is 1. The van der Waals surface area contributed by atoms with Crippen LogP contribution < -0.4 is 4.74 Å². The van der Waals surface area contributed by atoms with Gasteiger partial charge in [-0.1, -0.05) is 29.8 Å². The molecule has 0 radical (unpaired) electrons. The van der Waals surface area contributed by atoms with Crippen LogP contribution in [0.2, 0.25) is 0 Å². The van der Waals surface area contributed by atoms with Crippen molar-refractivity contribution < 1.29 is 9.84 Å². The lowest BCUT2D eigenvalue weighted by atomic mass is 9.90. The first kappa shape index (κ1) is 20.6. The van der Waals surface area contributed by atoms with Gasteiger partial charge in [-0.05, 0) is 81.4 Å². The number of phenols is 1. The van der Waals surface area contributed by atoms with Gasteiger partial charge in [-0.2, -0.15) is 0 Å². The smallest absolute Gasteiger partial charge is 0.119 e. The molecule has 1 heterocycles. The van der Waals surface area contributed by atoms with E-state index >= 15 is 0 Å². The van der Waals surface area contributed by atoms with Gasteiger partial charge in [0.25, 0.3) is 0 Å². The second-order valence-electron chi connectivity index (χ2n) is 7.27. The van der Waals surface area contributed by atoms with Crippen molar-refractivity contribution >= 4 is 12.4 Å². The van der Waals surface area contributed by atoms with Crippen LogP contribution in [0.4, 0.5) is 0 Å². The Hall–Kier alpha value is -1.71. The first-order valence-corrected chi connectivity index (χ1v) is 9.30. The second kappa shape index (κ2) is 9.84. The molecule has 1 aliphatic heterocycles. The maximum absolute atomic E-state index is 9.55. The quantitative estimate of drug-likeness (QED) is 0.789. The zero-order valence-corrected chi connectivity index (χ0v) is 16.6. The lowest BCUT2D eigenvalue weighted by Crippen LogP contribution is -2.37. The number of benzene rings is 2. The molecule has 1 fully saturated rings. The third kappa shape index (κ3) is 5.93. The van der Waals surface area contributed by atoms with E-state index in [1.165, 1.54) is 30.4 Å². The van der Waals surface area contributed by atoms with Crippen molar-refractivity contribution in [2.24, 2.45) is 5.92 Å². The Labute approximate surface area is 163 Å². The van der Waals surface area contributed by atoms with Gasteiger partial charge in [0.05, 0.1) is 0 Å². The highest BCUT2D eigenvalue weighted by molar-refractivity contribution is 5.85. The van der Waals surface area contributed by atoms with E-state index in [9.17, 15) is 5.11 Å². The fourth-order valence-corrected chi connectivity index (χ4v) is 3.48. The number of piperidine rings is 1. The number of aryl methyl sites for hydroxylation is 2. The van der Waals surface area contributed by atoms with Crippen molar-refractivity contribution in [2.75, 3.05) is 26.2 Å². The van der Waals surface area contributed by atoms with Gasteiger partial charge < -0.3 is 9.84 Å². The number of aromatic hydroxyl groups is 1. The molecule has 3 nitrogen and oxygen atoms in total. The van der Waals surface area contributed by atoms with Crippen LogP contribution in [-0.4, -0.2) is 36.2 Å². The maximum Gasteiger partial charge on any atom is 0.119 e. The predicted molar refractivity (Wildman–Crippen MR) is 110 cm³/mol. The lowest BCUT2D eigenvalue weighted by molar-refractivity contribution is 0.155. The summed E-state index contributed by atoms with van der Waals surface area (Å²) in [6.45, 7) is 8.03. The van der Waals surface area contributed by atoms with Crippen LogP contribution in [0.5, 0.6) is 11.5 Å². The summed E-state index contributed by atoms with van der Waals surface area (Å²) in [6, 6.07) is 14.4. The van der Waals surface area contributed by atoms with Crippen LogP contribution in [0, 0.1) is 19.8 Å². The minimum atomic E-state index is 0. The van der Waals surface area contributed by atoms with Crippen LogP contribution in [0.15, 0.2) is 42.5 Å². The normalized spacial score (nSPS) is 15.5. The van der Waals surface area contributed by atoms with Gasteiger partial charge in [0.2, 0.25) is 0 Å². The van der Waals surface area contributed by atoms with Crippen molar-refractivity contribution in [3.8, 4) is 11.5 Å². The number of likely N-dealkylation sites (tertiary alicyclic amines) is 1. The molecular weight excluding hydrogens is 346 g/mol. The largest absolute Gasteiger partial charge is 0.508 e. The van der Waals surface area contributed by atoms with Crippen LogP contribution in [-0.2, 0) is 6.42 Å². The highest BCUT2D eigenvalue weighted by atomic mass is 35.5. The van der Waals surface area contributed by atoms with Crippen molar-refractivity contribution in [2.45, 2.75) is 33.1 Å². The van der Waals surface area contributed by atoms with E-state index < -0.39 is 0 Å². The van der Waals surface area contributed by atoms with Gasteiger partial charge in [0.1, 0.15) is 18.1 Å². The Morgan fingerprint density at radius 2 is 1.73 bits per heavy atom. The van der Waals surface area contributed by atoms with E-state index in [1.54, 1.807) is 6.07 Å². The molecule has 0 bridgehead atoms. The molecular formula is C22H30ClNO2. The molecule has 3 rings (SSSR count). The monoisotopic (exact) mass is 375 g/mol. The van der Waals surface area contributed by atoms with Crippen molar-refractivity contribution in [1.29, 1.82) is 0 Å². The molecule has 2 aromatic rings. The third-order valence-electron chi connectivity index (χ3n) is 5.20. The molecule has 0 atom stereocenters. The summed E-state index contributed by atoms with van der Waals surface area (Å²) < 4.78 is 5.83. The number of hydrogen-bond donors (Lipinski definition) is 1. The Bertz CT molecular complexity index is 679. The number of hydrogen-bond acceptors (Lipinski definition) is 3. The van der Waals surface area contributed by atoms with Gasteiger partial charge in [0.15, 0.2) is 0 Å². The Morgan fingerprint density at radius 1 is 1.04 bits per heavy atom. The minimum Gasteiger partial charge on any atom is -0.508 e. The second-order valence-corrected chi connectivity index (χ2v) is 7.27. The van der Waals surface area contributed by atoms with Gasteiger partial charge in [-0.3, -0.25) is 4.90 Å². The molecule has 0 unspecified atom stereocenters. The summed E-state index contributed by atoms with van der Waals surface area (Å²) in [4.78, 5) is 2.50. The molecule has 4 heteroatoms. The topological polar surface area (TPSA) is 32.7 Å². The van der Waals surface area contributed by atoms with Gasteiger partial charge in [-0.15, -0.1) is 12.4 Å². The average molecular weight is 376 g/mol. The Morgan fingerprint density at radius 3 is 2.38 bits per heavy atom. The van der Waals surface area contributed by atoms with Crippen molar-refractivity contribution in [3.05, 3.63) is 59.2 Å². The summed E-state index contributed by atoms with van der Waals surface area (Å²) in [7, 11) is 0. The third-order valence-corrected chi connectivity index (χ3v) is 5.20. The van der Waals surface area contributed by atoms with Crippen molar-refractivity contribution in [1.82, 2.24) is 4.90 Å². The van der Waals surface area contributed by atoms with Crippen LogP contribution in [0.1, 0.15) is 29.5 Å². The number of nitrogens with zero attached hydrogens (tertiary/aromatic N) is 1. The van der Waals surface area contributed by atoms with E-state index in [0.29, 0.717) is 12.4 Å². The minimum absolute atomic E-state index is 0. The molecule has 1 saturated heterocycles. The number of ether oxygens (including phenoxy) is 1. The summed E-state index contributed by atoms with van der Waals surface area (Å²) in [6.07, 6.45) is 3.75. The summed E-state index contributed by atoms with van der Waals surface area (Å²) >= 11 is 0. The SMILES string of the molecule is Cc1ccc(CC2CCN(CCOc3ccc(O)c(C)c3)CC2)cc1.Cl. The predicted octanol–water partition coefficient (Wildman–Crippen LogP) is 4.76. The molecule has 0 aromatic heterocycles. The van der Waals surface area contributed by atoms with Gasteiger partial charge in [0, 0.05) is 6.54 Å². The molecule has 2 aromatic carbocycles. The molecule has 1 N–H and O–H groups in total. The number of rotatable bonds is 6. The first-order chi connectivity index (χ1) is 12.1. The highest BCUT2D eigenvalue weighted by Gasteiger charge is 2.19. The summed E-state index contributed by atoms with van der Waals surface area (Å²) in [5.41, 5.74) is 3.66. The van der Waals surface area contributed by atoms with E-state index in [-0.39, 0.29) is 12.4 Å². The standard InChI is InChI=1S/C22H29NO2.ClH/c1-17-3-5-19(6-4-17)16-20-9-11-23(12-10-20)13-14-25-21-7-8-22(24)18(2)15-21;/h3-8,15,20,24H,9-14,16H2,1-2H3;1H. The van der Waals surface area contributed by atoms with Gasteiger partial charge in [-0.25, -0.2) is 0 Å². The zero-order chi connectivity index (χ0) is 17.6. The van der Waals surface area contributed by atoms with E-state index in [4.69, 9.17) is 4.74 Å². The molecule has 142 valence electrons. The fourth-order valence-electron chi connectivity index (χ4n) is 3.48. The number of phenolic OH excluding ortho intramolecular Hbond substituents is 1. The Kier molecular flexibility index (Phi) is 7.80.